The molecule has 0 aromatic heterocycles. The Labute approximate surface area is 153 Å². The highest BCUT2D eigenvalue weighted by molar-refractivity contribution is 5.85. The van der Waals surface area contributed by atoms with Gasteiger partial charge in [0.15, 0.2) is 0 Å². The van der Waals surface area contributed by atoms with Crippen LogP contribution in [0.4, 0.5) is 0 Å². The average Bonchev–Trinajstić information content (AvgIpc) is 2.48. The van der Waals surface area contributed by atoms with E-state index in [1.807, 2.05) is 12.1 Å². The van der Waals surface area contributed by atoms with Crippen molar-refractivity contribution in [1.82, 2.24) is 4.90 Å². The number of β-amino-alcohol motifs (C(OH)–C–C–N with tert-alkyl or cyclic N) is 1. The molecule has 4 heteroatoms. The van der Waals surface area contributed by atoms with Gasteiger partial charge in [-0.05, 0) is 49.8 Å². The fraction of sp³-hybridized carbons (Fsp3) is 0.700. The van der Waals surface area contributed by atoms with Crippen molar-refractivity contribution in [1.29, 1.82) is 0 Å². The number of ether oxygens (including phenoxy) is 1. The number of benzene rings is 1. The molecule has 1 aromatic carbocycles. The quantitative estimate of drug-likeness (QED) is 0.849. The van der Waals surface area contributed by atoms with Gasteiger partial charge in [0.1, 0.15) is 18.5 Å². The lowest BCUT2D eigenvalue weighted by Gasteiger charge is -2.40. The highest BCUT2D eigenvalue weighted by Gasteiger charge is 2.26. The topological polar surface area (TPSA) is 32.7 Å². The molecule has 1 fully saturated rings. The summed E-state index contributed by atoms with van der Waals surface area (Å²) in [4.78, 5) is 2.42. The molecule has 3 nitrogen and oxygen atoms in total. The van der Waals surface area contributed by atoms with Crippen LogP contribution >= 0.6 is 12.4 Å². The van der Waals surface area contributed by atoms with Crippen molar-refractivity contribution >= 4 is 12.4 Å². The van der Waals surface area contributed by atoms with E-state index in [1.165, 1.54) is 24.8 Å². The lowest BCUT2D eigenvalue weighted by Crippen LogP contribution is -2.48. The second-order valence-electron chi connectivity index (χ2n) is 8.06. The number of piperidine rings is 1. The van der Waals surface area contributed by atoms with E-state index in [2.05, 4.69) is 51.7 Å². The summed E-state index contributed by atoms with van der Waals surface area (Å²) in [5.74, 6) is 0.830. The number of aliphatic hydroxyl groups excluding tert-OH is 1. The fourth-order valence-electron chi connectivity index (χ4n) is 3.37. The van der Waals surface area contributed by atoms with Crippen LogP contribution in [0.15, 0.2) is 24.3 Å². The van der Waals surface area contributed by atoms with Gasteiger partial charge in [0.25, 0.3) is 0 Å². The third-order valence-corrected chi connectivity index (χ3v) is 4.96. The molecule has 0 bridgehead atoms. The van der Waals surface area contributed by atoms with Gasteiger partial charge >= 0.3 is 0 Å². The molecule has 1 N–H and O–H groups in total. The first kappa shape index (κ1) is 21.3. The molecule has 0 spiro atoms. The van der Waals surface area contributed by atoms with Gasteiger partial charge in [0, 0.05) is 18.6 Å². The second kappa shape index (κ2) is 9.07. The molecule has 0 amide bonds. The summed E-state index contributed by atoms with van der Waals surface area (Å²) < 4.78 is 5.77. The summed E-state index contributed by atoms with van der Waals surface area (Å²) in [7, 11) is 0. The minimum Gasteiger partial charge on any atom is -0.491 e. The van der Waals surface area contributed by atoms with Crippen LogP contribution in [0.3, 0.4) is 0 Å². The Bertz CT molecular complexity index is 473. The average molecular weight is 356 g/mol. The van der Waals surface area contributed by atoms with E-state index in [1.54, 1.807) is 0 Å². The lowest BCUT2D eigenvalue weighted by atomic mass is 9.87. The summed E-state index contributed by atoms with van der Waals surface area (Å²) in [6, 6.07) is 9.32. The van der Waals surface area contributed by atoms with E-state index in [0.717, 1.165) is 5.75 Å². The molecule has 3 unspecified atom stereocenters. The first-order valence-corrected chi connectivity index (χ1v) is 8.94. The summed E-state index contributed by atoms with van der Waals surface area (Å²) >= 11 is 0. The lowest BCUT2D eigenvalue weighted by molar-refractivity contribution is 0.0209. The molecule has 0 radical (unpaired) electrons. The van der Waals surface area contributed by atoms with Gasteiger partial charge < -0.3 is 9.84 Å². The molecule has 1 aliphatic rings. The van der Waals surface area contributed by atoms with E-state index in [9.17, 15) is 5.11 Å². The van der Waals surface area contributed by atoms with Crippen molar-refractivity contribution in [2.24, 2.45) is 0 Å². The van der Waals surface area contributed by atoms with Gasteiger partial charge in [-0.2, -0.15) is 0 Å². The summed E-state index contributed by atoms with van der Waals surface area (Å²) in [5, 5.41) is 10.3. The molecule has 24 heavy (non-hydrogen) atoms. The van der Waals surface area contributed by atoms with Crippen molar-refractivity contribution < 1.29 is 9.84 Å². The van der Waals surface area contributed by atoms with Gasteiger partial charge in [-0.15, -0.1) is 12.4 Å². The highest BCUT2D eigenvalue weighted by atomic mass is 35.5. The molecule has 138 valence electrons. The smallest absolute Gasteiger partial charge is 0.119 e. The number of hydrogen-bond donors (Lipinski definition) is 1. The summed E-state index contributed by atoms with van der Waals surface area (Å²) in [6.07, 6.45) is 3.31. The molecular formula is C20H34ClNO2. The van der Waals surface area contributed by atoms with Gasteiger partial charge in [-0.1, -0.05) is 39.3 Å². The molecule has 1 saturated heterocycles. The molecule has 1 aliphatic heterocycles. The Morgan fingerprint density at radius 3 is 2.17 bits per heavy atom. The Hall–Kier alpha value is -0.770. The molecule has 3 atom stereocenters. The van der Waals surface area contributed by atoms with Crippen LogP contribution in [-0.4, -0.2) is 41.3 Å². The summed E-state index contributed by atoms with van der Waals surface area (Å²) in [6.45, 7) is 12.2. The molecule has 2 rings (SSSR count). The molecule has 1 aromatic rings. The predicted octanol–water partition coefficient (Wildman–Crippen LogP) is 4.41. The first-order chi connectivity index (χ1) is 10.8. The number of rotatable bonds is 5. The first-order valence-electron chi connectivity index (χ1n) is 8.94. The Balaban J connectivity index is 0.00000288. The Morgan fingerprint density at radius 2 is 1.67 bits per heavy atom. The third kappa shape index (κ3) is 5.94. The van der Waals surface area contributed by atoms with E-state index >= 15 is 0 Å². The maximum atomic E-state index is 10.3. The van der Waals surface area contributed by atoms with Crippen molar-refractivity contribution in [3.05, 3.63) is 29.8 Å². The second-order valence-corrected chi connectivity index (χ2v) is 8.06. The number of halogens is 1. The highest BCUT2D eigenvalue weighted by Crippen LogP contribution is 2.25. The summed E-state index contributed by atoms with van der Waals surface area (Å²) in [5.41, 5.74) is 1.44. The van der Waals surface area contributed by atoms with Crippen molar-refractivity contribution in [3.63, 3.8) is 0 Å². The molecule has 0 saturated carbocycles. The maximum absolute atomic E-state index is 10.3. The number of likely N-dealkylation sites (tertiary alicyclic amines) is 1. The number of nitrogens with zero attached hydrogens (tertiary/aromatic N) is 1. The van der Waals surface area contributed by atoms with E-state index in [0.29, 0.717) is 25.2 Å². The zero-order valence-corrected chi connectivity index (χ0v) is 16.6. The van der Waals surface area contributed by atoms with E-state index < -0.39 is 6.10 Å². The Kier molecular flexibility index (Phi) is 8.04. The van der Waals surface area contributed by atoms with E-state index in [-0.39, 0.29) is 17.8 Å². The Morgan fingerprint density at radius 1 is 1.12 bits per heavy atom. The monoisotopic (exact) mass is 355 g/mol. The zero-order chi connectivity index (χ0) is 17.0. The molecular weight excluding hydrogens is 322 g/mol. The fourth-order valence-corrected chi connectivity index (χ4v) is 3.37. The van der Waals surface area contributed by atoms with Gasteiger partial charge in [-0.3, -0.25) is 4.90 Å². The standard InChI is InChI=1S/C20H33NO2.ClH/c1-15-7-6-8-16(2)21(15)13-18(22)14-23-19-11-9-17(10-12-19)20(3,4)5;/h9-12,15-16,18,22H,6-8,13-14H2,1-5H3;1H. The van der Waals surface area contributed by atoms with Crippen LogP contribution in [0.25, 0.3) is 0 Å². The molecule has 0 aliphatic carbocycles. The number of hydrogen-bond acceptors (Lipinski definition) is 3. The van der Waals surface area contributed by atoms with E-state index in [4.69, 9.17) is 4.74 Å². The largest absolute Gasteiger partial charge is 0.491 e. The minimum atomic E-state index is -0.444. The minimum absolute atomic E-state index is 0. The van der Waals surface area contributed by atoms with Crippen LogP contribution in [0, 0.1) is 0 Å². The SMILES string of the molecule is CC1CCCC(C)N1CC(O)COc1ccc(C(C)(C)C)cc1.Cl. The van der Waals surface area contributed by atoms with Crippen molar-refractivity contribution in [2.45, 2.75) is 77.5 Å². The number of aliphatic hydroxyl groups is 1. The van der Waals surface area contributed by atoms with Gasteiger partial charge in [0.05, 0.1) is 0 Å². The van der Waals surface area contributed by atoms with Crippen molar-refractivity contribution in [3.8, 4) is 5.75 Å². The predicted molar refractivity (Wildman–Crippen MR) is 103 cm³/mol. The maximum Gasteiger partial charge on any atom is 0.119 e. The van der Waals surface area contributed by atoms with Crippen LogP contribution < -0.4 is 4.74 Å². The zero-order valence-electron chi connectivity index (χ0n) is 15.8. The van der Waals surface area contributed by atoms with Crippen LogP contribution in [-0.2, 0) is 5.41 Å². The third-order valence-electron chi connectivity index (χ3n) is 4.96. The van der Waals surface area contributed by atoms with Gasteiger partial charge in [0.2, 0.25) is 0 Å². The van der Waals surface area contributed by atoms with Gasteiger partial charge in [-0.25, -0.2) is 0 Å². The van der Waals surface area contributed by atoms with Crippen LogP contribution in [0.1, 0.15) is 59.4 Å². The van der Waals surface area contributed by atoms with Crippen molar-refractivity contribution in [2.75, 3.05) is 13.2 Å². The molecule has 1 heterocycles. The normalized spacial score (nSPS) is 23.4. The van der Waals surface area contributed by atoms with Crippen LogP contribution in [0.2, 0.25) is 0 Å². The van der Waals surface area contributed by atoms with Crippen LogP contribution in [0.5, 0.6) is 5.75 Å².